The van der Waals surface area contributed by atoms with E-state index in [0.29, 0.717) is 27.7 Å². The number of halogens is 2. The lowest BCUT2D eigenvalue weighted by molar-refractivity contribution is 0.102. The molecular formula is C15H14BrClN2O2. The first kappa shape index (κ1) is 15.7. The molecule has 6 heteroatoms. The van der Waals surface area contributed by atoms with Crippen LogP contribution in [0.25, 0.3) is 0 Å². The van der Waals surface area contributed by atoms with Gasteiger partial charge in [-0.3, -0.25) is 4.79 Å². The lowest BCUT2D eigenvalue weighted by Crippen LogP contribution is -2.14. The third kappa shape index (κ3) is 3.49. The number of anilines is 2. The fraction of sp³-hybridized carbons (Fsp3) is 0.133. The molecule has 21 heavy (non-hydrogen) atoms. The van der Waals surface area contributed by atoms with E-state index >= 15 is 0 Å². The zero-order chi connectivity index (χ0) is 15.6. The Hall–Kier alpha value is -1.72. The van der Waals surface area contributed by atoms with Crippen LogP contribution in [-0.4, -0.2) is 13.0 Å². The van der Waals surface area contributed by atoms with Gasteiger partial charge < -0.3 is 15.8 Å². The number of carbonyl (C=O) groups is 1. The molecule has 0 aliphatic heterocycles. The molecule has 2 rings (SSSR count). The van der Waals surface area contributed by atoms with Crippen molar-refractivity contribution in [2.75, 3.05) is 18.2 Å². The highest BCUT2D eigenvalue weighted by atomic mass is 79.9. The topological polar surface area (TPSA) is 64.3 Å². The van der Waals surface area contributed by atoms with Gasteiger partial charge in [0.1, 0.15) is 5.75 Å². The SMILES string of the molecule is COc1cc(Br)ccc1C(=O)Nc1cc(Cl)c(N)cc1C. The molecule has 0 fully saturated rings. The smallest absolute Gasteiger partial charge is 0.259 e. The molecule has 0 unspecified atom stereocenters. The standard InChI is InChI=1S/C15H14BrClN2O2/c1-8-5-12(18)11(17)7-13(8)19-15(20)10-4-3-9(16)6-14(10)21-2/h3-7H,18H2,1-2H3,(H,19,20). The normalized spacial score (nSPS) is 10.3. The minimum Gasteiger partial charge on any atom is -0.496 e. The molecule has 0 atom stereocenters. The fourth-order valence-corrected chi connectivity index (χ4v) is 2.38. The van der Waals surface area contributed by atoms with Crippen LogP contribution in [0, 0.1) is 6.92 Å². The van der Waals surface area contributed by atoms with Crippen LogP contribution in [0.5, 0.6) is 5.75 Å². The van der Waals surface area contributed by atoms with Gasteiger partial charge >= 0.3 is 0 Å². The maximum atomic E-state index is 12.4. The van der Waals surface area contributed by atoms with Crippen LogP contribution in [-0.2, 0) is 0 Å². The van der Waals surface area contributed by atoms with Crippen molar-refractivity contribution in [1.29, 1.82) is 0 Å². The van der Waals surface area contributed by atoms with Crippen LogP contribution < -0.4 is 15.8 Å². The summed E-state index contributed by atoms with van der Waals surface area (Å²) in [5.41, 5.74) is 8.09. The van der Waals surface area contributed by atoms with Crippen molar-refractivity contribution in [3.05, 3.63) is 51.0 Å². The lowest BCUT2D eigenvalue weighted by atomic mass is 10.1. The summed E-state index contributed by atoms with van der Waals surface area (Å²) in [6, 6.07) is 8.55. The van der Waals surface area contributed by atoms with E-state index in [4.69, 9.17) is 22.1 Å². The molecular weight excluding hydrogens is 356 g/mol. The van der Waals surface area contributed by atoms with Crippen LogP contribution in [0.15, 0.2) is 34.8 Å². The molecule has 110 valence electrons. The molecule has 0 bridgehead atoms. The molecule has 0 radical (unpaired) electrons. The number of hydrogen-bond donors (Lipinski definition) is 2. The molecule has 0 spiro atoms. The average Bonchev–Trinajstić information content (AvgIpc) is 2.44. The van der Waals surface area contributed by atoms with E-state index in [2.05, 4.69) is 21.2 Å². The van der Waals surface area contributed by atoms with Crippen molar-refractivity contribution in [3.63, 3.8) is 0 Å². The number of amides is 1. The Morgan fingerprint density at radius 3 is 2.71 bits per heavy atom. The van der Waals surface area contributed by atoms with Crippen LogP contribution >= 0.6 is 27.5 Å². The number of aryl methyl sites for hydroxylation is 1. The van der Waals surface area contributed by atoms with Gasteiger partial charge in [0, 0.05) is 10.2 Å². The first-order valence-electron chi connectivity index (χ1n) is 6.13. The van der Waals surface area contributed by atoms with E-state index in [1.54, 1.807) is 30.3 Å². The Kier molecular flexibility index (Phi) is 4.75. The number of methoxy groups -OCH3 is 1. The molecule has 0 saturated carbocycles. The van der Waals surface area contributed by atoms with Crippen molar-refractivity contribution in [1.82, 2.24) is 0 Å². The number of benzene rings is 2. The number of hydrogen-bond acceptors (Lipinski definition) is 3. The van der Waals surface area contributed by atoms with Gasteiger partial charge in [-0.15, -0.1) is 0 Å². The molecule has 0 aromatic heterocycles. The Bertz CT molecular complexity index is 704. The highest BCUT2D eigenvalue weighted by Crippen LogP contribution is 2.28. The summed E-state index contributed by atoms with van der Waals surface area (Å²) in [5.74, 6) is 0.212. The number of carbonyl (C=O) groups excluding carboxylic acids is 1. The van der Waals surface area contributed by atoms with Gasteiger partial charge in [-0.25, -0.2) is 0 Å². The zero-order valence-electron chi connectivity index (χ0n) is 11.5. The van der Waals surface area contributed by atoms with Crippen molar-refractivity contribution in [3.8, 4) is 5.75 Å². The maximum absolute atomic E-state index is 12.4. The summed E-state index contributed by atoms with van der Waals surface area (Å²) in [6.45, 7) is 1.85. The molecule has 0 saturated heterocycles. The Balaban J connectivity index is 2.32. The van der Waals surface area contributed by atoms with Crippen molar-refractivity contribution in [2.24, 2.45) is 0 Å². The van der Waals surface area contributed by atoms with Crippen LogP contribution in [0.3, 0.4) is 0 Å². The fourth-order valence-electron chi connectivity index (χ4n) is 1.88. The summed E-state index contributed by atoms with van der Waals surface area (Å²) in [5, 5.41) is 3.22. The minimum absolute atomic E-state index is 0.275. The molecule has 0 aliphatic carbocycles. The molecule has 0 aliphatic rings. The maximum Gasteiger partial charge on any atom is 0.259 e. The van der Waals surface area contributed by atoms with Gasteiger partial charge in [-0.2, -0.15) is 0 Å². The lowest BCUT2D eigenvalue weighted by Gasteiger charge is -2.12. The number of nitrogen functional groups attached to an aromatic ring is 1. The molecule has 2 aromatic rings. The second kappa shape index (κ2) is 6.37. The summed E-state index contributed by atoms with van der Waals surface area (Å²) in [7, 11) is 1.52. The van der Waals surface area contributed by atoms with Crippen molar-refractivity contribution in [2.45, 2.75) is 6.92 Å². The molecule has 3 N–H and O–H groups in total. The van der Waals surface area contributed by atoms with Crippen LogP contribution in [0.2, 0.25) is 5.02 Å². The van der Waals surface area contributed by atoms with Crippen LogP contribution in [0.1, 0.15) is 15.9 Å². The summed E-state index contributed by atoms with van der Waals surface area (Å²) in [4.78, 5) is 12.4. The first-order chi connectivity index (χ1) is 9.92. The van der Waals surface area contributed by atoms with Gasteiger partial charge in [0.05, 0.1) is 23.4 Å². The minimum atomic E-state index is -0.275. The van der Waals surface area contributed by atoms with E-state index in [1.807, 2.05) is 6.92 Å². The van der Waals surface area contributed by atoms with E-state index < -0.39 is 0 Å². The summed E-state index contributed by atoms with van der Waals surface area (Å²) < 4.78 is 6.06. The van der Waals surface area contributed by atoms with Crippen LogP contribution in [0.4, 0.5) is 11.4 Å². The summed E-state index contributed by atoms with van der Waals surface area (Å²) in [6.07, 6.45) is 0. The second-order valence-corrected chi connectivity index (χ2v) is 5.81. The predicted molar refractivity (Wildman–Crippen MR) is 89.2 cm³/mol. The van der Waals surface area contributed by atoms with Gasteiger partial charge in [0.15, 0.2) is 0 Å². The first-order valence-corrected chi connectivity index (χ1v) is 7.30. The van der Waals surface area contributed by atoms with Gasteiger partial charge in [0.2, 0.25) is 0 Å². The van der Waals surface area contributed by atoms with Crippen molar-refractivity contribution < 1.29 is 9.53 Å². The second-order valence-electron chi connectivity index (χ2n) is 4.49. The Labute approximate surface area is 136 Å². The van der Waals surface area contributed by atoms with Crippen molar-refractivity contribution >= 4 is 44.8 Å². The highest BCUT2D eigenvalue weighted by molar-refractivity contribution is 9.10. The van der Waals surface area contributed by atoms with Gasteiger partial charge in [-0.05, 0) is 42.8 Å². The van der Waals surface area contributed by atoms with Gasteiger partial charge in [0.25, 0.3) is 5.91 Å². The van der Waals surface area contributed by atoms with E-state index in [9.17, 15) is 4.79 Å². The number of nitrogens with one attached hydrogen (secondary N) is 1. The van der Waals surface area contributed by atoms with E-state index in [1.165, 1.54) is 7.11 Å². The quantitative estimate of drug-likeness (QED) is 0.795. The number of ether oxygens (including phenoxy) is 1. The molecule has 1 amide bonds. The highest BCUT2D eigenvalue weighted by Gasteiger charge is 2.14. The zero-order valence-corrected chi connectivity index (χ0v) is 13.9. The van der Waals surface area contributed by atoms with E-state index in [-0.39, 0.29) is 5.91 Å². The summed E-state index contributed by atoms with van der Waals surface area (Å²) >= 11 is 9.33. The molecule has 0 heterocycles. The molecule has 2 aromatic carbocycles. The Morgan fingerprint density at radius 1 is 1.33 bits per heavy atom. The molecule has 4 nitrogen and oxygen atoms in total. The van der Waals surface area contributed by atoms with Gasteiger partial charge in [-0.1, -0.05) is 27.5 Å². The third-order valence-corrected chi connectivity index (χ3v) is 3.82. The Morgan fingerprint density at radius 2 is 2.05 bits per heavy atom. The third-order valence-electron chi connectivity index (χ3n) is 3.00. The van der Waals surface area contributed by atoms with E-state index in [0.717, 1.165) is 10.0 Å². The largest absolute Gasteiger partial charge is 0.496 e. The monoisotopic (exact) mass is 368 g/mol. The predicted octanol–water partition coefficient (Wildman–Crippen LogP) is 4.25. The number of rotatable bonds is 3. The average molecular weight is 370 g/mol. The number of nitrogens with two attached hydrogens (primary N) is 1.